The Bertz CT molecular complexity index is 275. The number of rotatable bonds is 7. The molecule has 0 fully saturated rings. The van der Waals surface area contributed by atoms with Crippen molar-refractivity contribution in [1.29, 1.82) is 0 Å². The molecule has 0 aliphatic rings. The first-order valence-corrected chi connectivity index (χ1v) is 6.70. The van der Waals surface area contributed by atoms with E-state index in [1.54, 1.807) is 0 Å². The van der Waals surface area contributed by atoms with Gasteiger partial charge in [-0.15, -0.1) is 6.58 Å². The molecule has 0 saturated heterocycles. The molecule has 0 saturated carbocycles. The molecule has 0 aliphatic heterocycles. The summed E-state index contributed by atoms with van der Waals surface area (Å²) >= 11 is 4.05. The van der Waals surface area contributed by atoms with Gasteiger partial charge in [0.1, 0.15) is 5.76 Å². The predicted octanol–water partition coefficient (Wildman–Crippen LogP) is 2.89. The van der Waals surface area contributed by atoms with E-state index < -0.39 is 0 Å². The Morgan fingerprint density at radius 3 is 3.07 bits per heavy atom. The largest absolute Gasteiger partial charge is 0.454 e. The lowest BCUT2D eigenvalue weighted by Gasteiger charge is -2.00. The smallest absolute Gasteiger partial charge is 0.164 e. The van der Waals surface area contributed by atoms with Crippen molar-refractivity contribution in [3.63, 3.8) is 0 Å². The highest BCUT2D eigenvalue weighted by molar-refractivity contribution is 14.1. The first-order valence-electron chi connectivity index (χ1n) is 4.46. The quantitative estimate of drug-likeness (QED) is 0.475. The van der Waals surface area contributed by atoms with Gasteiger partial charge in [-0.3, -0.25) is 0 Å². The van der Waals surface area contributed by atoms with Crippen molar-refractivity contribution in [2.45, 2.75) is 6.54 Å². The first-order chi connectivity index (χ1) is 6.83. The van der Waals surface area contributed by atoms with Crippen LogP contribution in [0.2, 0.25) is 0 Å². The molecular weight excluding hydrogens is 309 g/mol. The van der Waals surface area contributed by atoms with Crippen LogP contribution in [-0.2, 0) is 6.54 Å². The fraction of sp³-hybridized carbons (Fsp3) is 0.400. The van der Waals surface area contributed by atoms with E-state index in [-0.39, 0.29) is 0 Å². The van der Waals surface area contributed by atoms with Gasteiger partial charge in [0.2, 0.25) is 0 Å². The van der Waals surface area contributed by atoms with Crippen LogP contribution < -0.4 is 5.32 Å². The third-order valence-corrected chi connectivity index (χ3v) is 3.13. The Labute approximate surface area is 103 Å². The van der Waals surface area contributed by atoms with E-state index in [0.29, 0.717) is 0 Å². The molecule has 0 atom stereocenters. The van der Waals surface area contributed by atoms with Gasteiger partial charge in [-0.25, -0.2) is 0 Å². The van der Waals surface area contributed by atoms with Crippen molar-refractivity contribution in [2.24, 2.45) is 0 Å². The standard InChI is InChI=1S/C10H14INOS/c1-2-6-14-7-5-12-8-9-3-4-10(11)13-9/h2-4,12H,1,5-8H2. The molecule has 2 nitrogen and oxygen atoms in total. The minimum Gasteiger partial charge on any atom is -0.454 e. The summed E-state index contributed by atoms with van der Waals surface area (Å²) in [5.41, 5.74) is 0. The Morgan fingerprint density at radius 2 is 2.43 bits per heavy atom. The molecule has 1 aromatic heterocycles. The van der Waals surface area contributed by atoms with E-state index in [1.807, 2.05) is 30.0 Å². The zero-order valence-electron chi connectivity index (χ0n) is 7.96. The van der Waals surface area contributed by atoms with Crippen molar-refractivity contribution in [2.75, 3.05) is 18.1 Å². The van der Waals surface area contributed by atoms with Gasteiger partial charge in [0.15, 0.2) is 3.77 Å². The van der Waals surface area contributed by atoms with E-state index in [1.165, 1.54) is 0 Å². The Kier molecular flexibility index (Phi) is 6.38. The molecule has 1 N–H and O–H groups in total. The highest BCUT2D eigenvalue weighted by Crippen LogP contribution is 2.09. The average molecular weight is 323 g/mol. The van der Waals surface area contributed by atoms with Crippen LogP contribution in [0.1, 0.15) is 5.76 Å². The average Bonchev–Trinajstić information content (AvgIpc) is 2.58. The zero-order chi connectivity index (χ0) is 10.2. The summed E-state index contributed by atoms with van der Waals surface area (Å²) in [5, 5.41) is 3.32. The summed E-state index contributed by atoms with van der Waals surface area (Å²) in [5.74, 6) is 3.15. The molecule has 0 bridgehead atoms. The third kappa shape index (κ3) is 5.07. The number of thioether (sulfide) groups is 1. The van der Waals surface area contributed by atoms with Gasteiger partial charge in [0.05, 0.1) is 6.54 Å². The van der Waals surface area contributed by atoms with E-state index in [2.05, 4.69) is 34.5 Å². The number of halogens is 1. The molecule has 1 aromatic rings. The maximum atomic E-state index is 5.41. The van der Waals surface area contributed by atoms with Crippen molar-refractivity contribution >= 4 is 34.4 Å². The summed E-state index contributed by atoms with van der Waals surface area (Å²) in [6.07, 6.45) is 1.93. The van der Waals surface area contributed by atoms with Crippen molar-refractivity contribution in [3.8, 4) is 0 Å². The molecule has 4 heteroatoms. The second-order valence-corrected chi connectivity index (χ2v) is 4.96. The summed E-state index contributed by atoms with van der Waals surface area (Å²) in [7, 11) is 0. The minimum absolute atomic E-state index is 0.817. The number of furan rings is 1. The molecular formula is C10H14INOS. The van der Waals surface area contributed by atoms with Gasteiger partial charge in [0, 0.05) is 18.1 Å². The minimum atomic E-state index is 0.817. The SMILES string of the molecule is C=CCSCCNCc1ccc(I)o1. The van der Waals surface area contributed by atoms with Crippen LogP contribution in [0.15, 0.2) is 29.2 Å². The van der Waals surface area contributed by atoms with Crippen molar-refractivity contribution in [1.82, 2.24) is 5.32 Å². The van der Waals surface area contributed by atoms with Crippen LogP contribution in [0.3, 0.4) is 0 Å². The lowest BCUT2D eigenvalue weighted by Crippen LogP contribution is -2.16. The van der Waals surface area contributed by atoms with Crippen LogP contribution in [0.25, 0.3) is 0 Å². The predicted molar refractivity (Wildman–Crippen MR) is 70.7 cm³/mol. The molecule has 0 unspecified atom stereocenters. The molecule has 14 heavy (non-hydrogen) atoms. The number of hydrogen-bond donors (Lipinski definition) is 1. The summed E-state index contributed by atoms with van der Waals surface area (Å²) in [4.78, 5) is 0. The Balaban J connectivity index is 2.01. The highest BCUT2D eigenvalue weighted by atomic mass is 127. The Morgan fingerprint density at radius 1 is 1.57 bits per heavy atom. The van der Waals surface area contributed by atoms with Crippen LogP contribution in [0, 0.1) is 3.77 Å². The van der Waals surface area contributed by atoms with Gasteiger partial charge in [0.25, 0.3) is 0 Å². The van der Waals surface area contributed by atoms with E-state index in [9.17, 15) is 0 Å². The van der Waals surface area contributed by atoms with E-state index >= 15 is 0 Å². The van der Waals surface area contributed by atoms with E-state index in [4.69, 9.17) is 4.42 Å². The molecule has 0 radical (unpaired) electrons. The lowest BCUT2D eigenvalue weighted by molar-refractivity contribution is 0.467. The van der Waals surface area contributed by atoms with Gasteiger partial charge in [-0.1, -0.05) is 6.08 Å². The van der Waals surface area contributed by atoms with Crippen LogP contribution in [0.5, 0.6) is 0 Å². The second-order valence-electron chi connectivity index (χ2n) is 2.75. The molecule has 0 aromatic carbocycles. The van der Waals surface area contributed by atoms with Gasteiger partial charge in [-0.05, 0) is 34.7 Å². The summed E-state index contributed by atoms with van der Waals surface area (Å²) in [6.45, 7) is 5.50. The molecule has 78 valence electrons. The highest BCUT2D eigenvalue weighted by Gasteiger charge is 1.97. The topological polar surface area (TPSA) is 25.2 Å². The second kappa shape index (κ2) is 7.36. The van der Waals surface area contributed by atoms with Gasteiger partial charge in [-0.2, -0.15) is 11.8 Å². The van der Waals surface area contributed by atoms with E-state index in [0.717, 1.165) is 34.1 Å². The Hall–Kier alpha value is 0.0600. The van der Waals surface area contributed by atoms with Gasteiger partial charge >= 0.3 is 0 Å². The number of hydrogen-bond acceptors (Lipinski definition) is 3. The molecule has 0 amide bonds. The lowest BCUT2D eigenvalue weighted by atomic mass is 10.4. The first kappa shape index (κ1) is 12.1. The summed E-state index contributed by atoms with van der Waals surface area (Å²) in [6, 6.07) is 3.98. The fourth-order valence-corrected chi connectivity index (χ4v) is 2.05. The number of nitrogens with one attached hydrogen (secondary N) is 1. The van der Waals surface area contributed by atoms with Gasteiger partial charge < -0.3 is 9.73 Å². The molecule has 0 spiro atoms. The van der Waals surface area contributed by atoms with Crippen LogP contribution in [-0.4, -0.2) is 18.1 Å². The maximum absolute atomic E-state index is 5.41. The molecule has 1 heterocycles. The third-order valence-electron chi connectivity index (χ3n) is 1.59. The molecule has 1 rings (SSSR count). The van der Waals surface area contributed by atoms with Crippen molar-refractivity contribution < 1.29 is 4.42 Å². The van der Waals surface area contributed by atoms with Crippen LogP contribution in [0.4, 0.5) is 0 Å². The monoisotopic (exact) mass is 323 g/mol. The molecule has 0 aliphatic carbocycles. The normalized spacial score (nSPS) is 10.4. The van der Waals surface area contributed by atoms with Crippen LogP contribution >= 0.6 is 34.4 Å². The zero-order valence-corrected chi connectivity index (χ0v) is 10.9. The fourth-order valence-electron chi connectivity index (χ4n) is 0.969. The summed E-state index contributed by atoms with van der Waals surface area (Å²) < 4.78 is 6.36. The maximum Gasteiger partial charge on any atom is 0.164 e. The van der Waals surface area contributed by atoms with Crippen molar-refractivity contribution in [3.05, 3.63) is 34.3 Å².